The van der Waals surface area contributed by atoms with Crippen molar-refractivity contribution in [1.29, 1.82) is 0 Å². The Hall–Kier alpha value is -2.86. The van der Waals surface area contributed by atoms with Crippen LogP contribution in [0.2, 0.25) is 0 Å². The lowest BCUT2D eigenvalue weighted by atomic mass is 10.0. The van der Waals surface area contributed by atoms with Crippen LogP contribution in [-0.4, -0.2) is 40.5 Å². The lowest BCUT2D eigenvalue weighted by Gasteiger charge is -2.27. The molecule has 3 heterocycles. The number of anilines is 2. The van der Waals surface area contributed by atoms with E-state index in [1.165, 1.54) is 0 Å². The van der Waals surface area contributed by atoms with Crippen LogP contribution in [0.1, 0.15) is 21.6 Å². The number of rotatable bonds is 4. The third-order valence-corrected chi connectivity index (χ3v) is 6.03. The molecule has 0 unspecified atom stereocenters. The van der Waals surface area contributed by atoms with Gasteiger partial charge in [0.05, 0.1) is 17.0 Å². The monoisotopic (exact) mass is 404 g/mol. The molecular weight excluding hydrogens is 380 g/mol. The maximum atomic E-state index is 12.9. The number of nitrogens with zero attached hydrogens (tertiary/aromatic N) is 3. The Morgan fingerprint density at radius 3 is 2.62 bits per heavy atom. The number of nitrogens with one attached hydrogen (secondary N) is 1. The average Bonchev–Trinajstić information content (AvgIpc) is 2.76. The van der Waals surface area contributed by atoms with E-state index in [-0.39, 0.29) is 5.91 Å². The number of hydrogen-bond donors (Lipinski definition) is 1. The van der Waals surface area contributed by atoms with E-state index in [0.29, 0.717) is 5.56 Å². The first kappa shape index (κ1) is 19.5. The van der Waals surface area contributed by atoms with E-state index in [4.69, 9.17) is 0 Å². The number of benzene rings is 1. The highest BCUT2D eigenvalue weighted by molar-refractivity contribution is 7.99. The molecule has 1 fully saturated rings. The third-order valence-electron chi connectivity index (χ3n) is 5.09. The minimum absolute atomic E-state index is 0.147. The molecule has 0 radical (unpaired) electrons. The van der Waals surface area contributed by atoms with Crippen molar-refractivity contribution < 1.29 is 4.79 Å². The van der Waals surface area contributed by atoms with Crippen molar-refractivity contribution in [3.8, 4) is 11.3 Å². The van der Waals surface area contributed by atoms with Gasteiger partial charge in [0.25, 0.3) is 5.91 Å². The molecule has 1 N–H and O–H groups in total. The molecule has 1 aromatic carbocycles. The molecule has 0 atom stereocenters. The number of aromatic nitrogens is 2. The topological polar surface area (TPSA) is 58.1 Å². The van der Waals surface area contributed by atoms with Crippen LogP contribution < -0.4 is 10.2 Å². The van der Waals surface area contributed by atoms with Crippen LogP contribution in [0.5, 0.6) is 0 Å². The van der Waals surface area contributed by atoms with Gasteiger partial charge in [0.2, 0.25) is 0 Å². The summed E-state index contributed by atoms with van der Waals surface area (Å²) in [6, 6.07) is 15.6. The Morgan fingerprint density at radius 2 is 1.90 bits per heavy atom. The van der Waals surface area contributed by atoms with Crippen LogP contribution in [0.4, 0.5) is 11.5 Å². The molecule has 29 heavy (non-hydrogen) atoms. The second-order valence-electron chi connectivity index (χ2n) is 7.10. The first-order valence-corrected chi connectivity index (χ1v) is 10.9. The largest absolute Gasteiger partial charge is 0.355 e. The molecule has 1 amide bonds. The average molecular weight is 405 g/mol. The van der Waals surface area contributed by atoms with Crippen molar-refractivity contribution in [2.45, 2.75) is 13.8 Å². The molecule has 0 spiro atoms. The molecule has 3 aromatic rings. The van der Waals surface area contributed by atoms with Gasteiger partial charge in [-0.25, -0.2) is 4.98 Å². The van der Waals surface area contributed by atoms with Crippen molar-refractivity contribution in [2.75, 3.05) is 34.8 Å². The fourth-order valence-corrected chi connectivity index (χ4v) is 4.36. The maximum absolute atomic E-state index is 12.9. The van der Waals surface area contributed by atoms with Gasteiger partial charge < -0.3 is 10.2 Å². The summed E-state index contributed by atoms with van der Waals surface area (Å²) in [4.78, 5) is 24.3. The van der Waals surface area contributed by atoms with E-state index in [1.807, 2.05) is 74.1 Å². The summed E-state index contributed by atoms with van der Waals surface area (Å²) >= 11 is 1.97. The molecule has 4 rings (SSSR count). The van der Waals surface area contributed by atoms with E-state index in [0.717, 1.165) is 58.6 Å². The van der Waals surface area contributed by atoms with Gasteiger partial charge in [-0.2, -0.15) is 11.8 Å². The number of pyridine rings is 2. The molecule has 1 aliphatic heterocycles. The molecule has 1 saturated heterocycles. The molecule has 1 aliphatic rings. The maximum Gasteiger partial charge on any atom is 0.257 e. The van der Waals surface area contributed by atoms with Gasteiger partial charge in [-0.3, -0.25) is 9.78 Å². The fourth-order valence-electron chi connectivity index (χ4n) is 3.45. The minimum atomic E-state index is -0.147. The van der Waals surface area contributed by atoms with Crippen molar-refractivity contribution in [3.05, 3.63) is 71.5 Å². The number of carbonyl (C=O) groups is 1. The number of amides is 1. The summed E-state index contributed by atoms with van der Waals surface area (Å²) in [6.07, 6.45) is 1.78. The Kier molecular flexibility index (Phi) is 5.81. The second-order valence-corrected chi connectivity index (χ2v) is 8.33. The summed E-state index contributed by atoms with van der Waals surface area (Å²) in [5.41, 5.74) is 5.11. The van der Waals surface area contributed by atoms with E-state index in [9.17, 15) is 4.79 Å². The summed E-state index contributed by atoms with van der Waals surface area (Å²) < 4.78 is 0. The van der Waals surface area contributed by atoms with Gasteiger partial charge in [-0.05, 0) is 55.8 Å². The van der Waals surface area contributed by atoms with Gasteiger partial charge in [0.15, 0.2) is 0 Å². The molecule has 0 bridgehead atoms. The molecule has 148 valence electrons. The van der Waals surface area contributed by atoms with Crippen molar-refractivity contribution in [1.82, 2.24) is 9.97 Å². The van der Waals surface area contributed by atoms with Gasteiger partial charge in [-0.15, -0.1) is 0 Å². The SMILES string of the molecule is Cc1ccc(NC(=O)c2ccc(N3CCSCC3)nc2C)cc1-c1ccccn1. The first-order valence-electron chi connectivity index (χ1n) is 9.75. The Labute approximate surface area is 175 Å². The number of aryl methyl sites for hydroxylation is 2. The first-order chi connectivity index (χ1) is 14.1. The van der Waals surface area contributed by atoms with E-state index in [2.05, 4.69) is 20.2 Å². The predicted octanol–water partition coefficient (Wildman–Crippen LogP) is 4.57. The fraction of sp³-hybridized carbons (Fsp3) is 0.261. The zero-order valence-corrected chi connectivity index (χ0v) is 17.5. The van der Waals surface area contributed by atoms with Gasteiger partial charge in [-0.1, -0.05) is 12.1 Å². The lowest BCUT2D eigenvalue weighted by Crippen LogP contribution is -2.33. The van der Waals surface area contributed by atoms with E-state index < -0.39 is 0 Å². The smallest absolute Gasteiger partial charge is 0.257 e. The van der Waals surface area contributed by atoms with Crippen LogP contribution in [0.15, 0.2) is 54.7 Å². The predicted molar refractivity (Wildman–Crippen MR) is 121 cm³/mol. The highest BCUT2D eigenvalue weighted by Crippen LogP contribution is 2.26. The molecule has 5 nitrogen and oxygen atoms in total. The highest BCUT2D eigenvalue weighted by atomic mass is 32.2. The number of hydrogen-bond acceptors (Lipinski definition) is 5. The summed E-state index contributed by atoms with van der Waals surface area (Å²) in [5.74, 6) is 3.04. The summed E-state index contributed by atoms with van der Waals surface area (Å²) in [7, 11) is 0. The quantitative estimate of drug-likeness (QED) is 0.690. The molecule has 0 saturated carbocycles. The number of thioether (sulfide) groups is 1. The zero-order chi connectivity index (χ0) is 20.2. The van der Waals surface area contributed by atoms with Crippen molar-refractivity contribution >= 4 is 29.2 Å². The van der Waals surface area contributed by atoms with Crippen molar-refractivity contribution in [2.24, 2.45) is 0 Å². The zero-order valence-electron chi connectivity index (χ0n) is 16.7. The molecule has 0 aliphatic carbocycles. The minimum Gasteiger partial charge on any atom is -0.355 e. The Bertz CT molecular complexity index is 1020. The third kappa shape index (κ3) is 4.43. The number of carbonyl (C=O) groups excluding carboxylic acids is 1. The van der Waals surface area contributed by atoms with Gasteiger partial charge in [0, 0.05) is 42.0 Å². The molecule has 2 aromatic heterocycles. The van der Waals surface area contributed by atoms with Crippen LogP contribution in [-0.2, 0) is 0 Å². The van der Waals surface area contributed by atoms with Gasteiger partial charge >= 0.3 is 0 Å². The standard InChI is InChI=1S/C23H24N4OS/c1-16-6-7-18(15-20(16)21-5-3-4-10-24-21)26-23(28)19-8-9-22(25-17(19)2)27-11-13-29-14-12-27/h3-10,15H,11-14H2,1-2H3,(H,26,28). The summed E-state index contributed by atoms with van der Waals surface area (Å²) in [6.45, 7) is 5.94. The Morgan fingerprint density at radius 1 is 1.07 bits per heavy atom. The van der Waals surface area contributed by atoms with Crippen LogP contribution >= 0.6 is 11.8 Å². The highest BCUT2D eigenvalue weighted by Gasteiger charge is 2.16. The van der Waals surface area contributed by atoms with E-state index >= 15 is 0 Å². The second kappa shape index (κ2) is 8.66. The van der Waals surface area contributed by atoms with Crippen LogP contribution in [0.25, 0.3) is 11.3 Å². The van der Waals surface area contributed by atoms with Gasteiger partial charge in [0.1, 0.15) is 5.82 Å². The normalized spacial score (nSPS) is 13.9. The molecular formula is C23H24N4OS. The van der Waals surface area contributed by atoms with E-state index in [1.54, 1.807) is 6.20 Å². The molecule has 6 heteroatoms. The summed E-state index contributed by atoms with van der Waals surface area (Å²) in [5, 5.41) is 3.01. The van der Waals surface area contributed by atoms with Crippen molar-refractivity contribution in [3.63, 3.8) is 0 Å². The van der Waals surface area contributed by atoms with Crippen LogP contribution in [0.3, 0.4) is 0 Å². The van der Waals surface area contributed by atoms with Crippen LogP contribution in [0, 0.1) is 13.8 Å². The lowest BCUT2D eigenvalue weighted by molar-refractivity contribution is 0.102. The Balaban J connectivity index is 1.54.